The van der Waals surface area contributed by atoms with Gasteiger partial charge in [-0.05, 0) is 42.8 Å². The minimum atomic E-state index is -4.54. The Bertz CT molecular complexity index is 550. The zero-order valence-corrected chi connectivity index (χ0v) is 11.7. The highest BCUT2D eigenvalue weighted by Gasteiger charge is 2.33. The smallest absolute Gasteiger partial charge is 0.446 e. The van der Waals surface area contributed by atoms with Crippen LogP contribution in [0.5, 0.6) is 0 Å². The van der Waals surface area contributed by atoms with Crippen molar-refractivity contribution in [2.24, 2.45) is 0 Å². The number of thioether (sulfide) groups is 1. The van der Waals surface area contributed by atoms with Gasteiger partial charge in [0.15, 0.2) is 0 Å². The molecule has 0 N–H and O–H groups in total. The molecular formula is C13H12F3NO2S. The molecule has 0 saturated carbocycles. The maximum atomic E-state index is 12.6. The van der Waals surface area contributed by atoms with E-state index in [9.17, 15) is 18.0 Å². The highest BCUT2D eigenvalue weighted by Crippen LogP contribution is 2.40. The molecule has 0 unspecified atom stereocenters. The Labute approximate surface area is 118 Å². The molecule has 0 aliphatic carbocycles. The van der Waals surface area contributed by atoms with Crippen molar-refractivity contribution in [2.75, 3.05) is 6.61 Å². The Balaban J connectivity index is 3.43. The maximum Gasteiger partial charge on any atom is 0.446 e. The molecule has 0 bridgehead atoms. The summed E-state index contributed by atoms with van der Waals surface area (Å²) in [6.45, 7) is 3.34. The van der Waals surface area contributed by atoms with Crippen molar-refractivity contribution in [3.05, 3.63) is 28.8 Å². The first-order valence-electron chi connectivity index (χ1n) is 5.82. The van der Waals surface area contributed by atoms with Gasteiger partial charge in [0.25, 0.3) is 0 Å². The molecule has 0 aliphatic heterocycles. The van der Waals surface area contributed by atoms with Crippen molar-refractivity contribution in [3.8, 4) is 6.07 Å². The molecule has 7 heteroatoms. The largest absolute Gasteiger partial charge is 0.462 e. The van der Waals surface area contributed by atoms with E-state index in [1.165, 1.54) is 6.07 Å². The Hall–Kier alpha value is -1.68. The molecule has 0 radical (unpaired) electrons. The summed E-state index contributed by atoms with van der Waals surface area (Å²) >= 11 is -0.411. The van der Waals surface area contributed by atoms with E-state index in [1.54, 1.807) is 19.9 Å². The number of benzene rings is 1. The van der Waals surface area contributed by atoms with Gasteiger partial charge in [0.2, 0.25) is 0 Å². The standard InChI is InChI=1S/C13H12F3NO2S/c1-3-9-5-8(7-17)6-10(20-13(14,15)16)11(9)12(18)19-4-2/h5-6H,3-4H2,1-2H3. The van der Waals surface area contributed by atoms with Gasteiger partial charge < -0.3 is 4.74 Å². The second-order valence-electron chi connectivity index (χ2n) is 3.74. The monoisotopic (exact) mass is 303 g/mol. The lowest BCUT2D eigenvalue weighted by molar-refractivity contribution is -0.0328. The number of carbonyl (C=O) groups excluding carboxylic acids is 1. The number of aryl methyl sites for hydroxylation is 1. The Morgan fingerprint density at radius 1 is 1.40 bits per heavy atom. The molecular weight excluding hydrogens is 291 g/mol. The zero-order valence-electron chi connectivity index (χ0n) is 10.9. The van der Waals surface area contributed by atoms with Crippen molar-refractivity contribution in [3.63, 3.8) is 0 Å². The van der Waals surface area contributed by atoms with Gasteiger partial charge >= 0.3 is 11.5 Å². The van der Waals surface area contributed by atoms with Crippen LogP contribution in [0.4, 0.5) is 13.2 Å². The third-order valence-corrected chi connectivity index (χ3v) is 3.17. The third-order valence-electron chi connectivity index (χ3n) is 2.40. The number of halogens is 3. The van der Waals surface area contributed by atoms with Gasteiger partial charge in [0, 0.05) is 4.90 Å². The number of ether oxygens (including phenoxy) is 1. The van der Waals surface area contributed by atoms with Gasteiger partial charge in [-0.25, -0.2) is 4.79 Å². The van der Waals surface area contributed by atoms with E-state index >= 15 is 0 Å². The van der Waals surface area contributed by atoms with Gasteiger partial charge in [-0.15, -0.1) is 0 Å². The molecule has 20 heavy (non-hydrogen) atoms. The molecule has 0 heterocycles. The predicted molar refractivity (Wildman–Crippen MR) is 68.4 cm³/mol. The molecule has 108 valence electrons. The van der Waals surface area contributed by atoms with Crippen LogP contribution in [0.1, 0.15) is 35.3 Å². The highest BCUT2D eigenvalue weighted by atomic mass is 32.2. The SMILES string of the molecule is CCOC(=O)c1c(CC)cc(C#N)cc1SC(F)(F)F. The number of alkyl halides is 3. The van der Waals surface area contributed by atoms with Gasteiger partial charge in [0.1, 0.15) is 0 Å². The lowest BCUT2D eigenvalue weighted by Crippen LogP contribution is -2.12. The highest BCUT2D eigenvalue weighted by molar-refractivity contribution is 8.00. The Kier molecular flexibility index (Phi) is 5.45. The quantitative estimate of drug-likeness (QED) is 0.625. The number of esters is 1. The molecule has 1 rings (SSSR count). The first kappa shape index (κ1) is 16.4. The van der Waals surface area contributed by atoms with Crippen LogP contribution in [0.15, 0.2) is 17.0 Å². The van der Waals surface area contributed by atoms with Crippen LogP contribution in [0.3, 0.4) is 0 Å². The summed E-state index contributed by atoms with van der Waals surface area (Å²) in [5.41, 5.74) is -4.20. The van der Waals surface area contributed by atoms with E-state index in [0.717, 1.165) is 6.07 Å². The van der Waals surface area contributed by atoms with E-state index in [0.29, 0.717) is 12.0 Å². The predicted octanol–water partition coefficient (Wildman–Crippen LogP) is 3.91. The second kappa shape index (κ2) is 6.66. The third kappa shape index (κ3) is 4.17. The summed E-state index contributed by atoms with van der Waals surface area (Å²) in [4.78, 5) is 11.5. The van der Waals surface area contributed by atoms with Gasteiger partial charge in [-0.3, -0.25) is 0 Å². The molecule has 0 saturated heterocycles. The Morgan fingerprint density at radius 3 is 2.50 bits per heavy atom. The molecule has 3 nitrogen and oxygen atoms in total. The number of carbonyl (C=O) groups is 1. The van der Waals surface area contributed by atoms with Crippen molar-refractivity contribution >= 4 is 17.7 Å². The van der Waals surface area contributed by atoms with E-state index < -0.39 is 23.2 Å². The van der Waals surface area contributed by atoms with Crippen LogP contribution in [0.2, 0.25) is 0 Å². The number of hydrogen-bond donors (Lipinski definition) is 0. The molecule has 0 atom stereocenters. The van der Waals surface area contributed by atoms with Gasteiger partial charge in [-0.1, -0.05) is 6.92 Å². The van der Waals surface area contributed by atoms with Crippen molar-refractivity contribution < 1.29 is 22.7 Å². The van der Waals surface area contributed by atoms with Crippen LogP contribution >= 0.6 is 11.8 Å². The average Bonchev–Trinajstić information content (AvgIpc) is 2.35. The fourth-order valence-electron chi connectivity index (χ4n) is 1.66. The number of rotatable bonds is 4. The zero-order chi connectivity index (χ0) is 15.3. The molecule has 0 amide bonds. The van der Waals surface area contributed by atoms with E-state index in [-0.39, 0.29) is 22.6 Å². The normalized spacial score (nSPS) is 11.0. The number of nitriles is 1. The number of hydrogen-bond acceptors (Lipinski definition) is 4. The van der Waals surface area contributed by atoms with Gasteiger partial charge in [0.05, 0.1) is 23.8 Å². The van der Waals surface area contributed by atoms with Crippen LogP contribution in [-0.2, 0) is 11.2 Å². The first-order chi connectivity index (χ1) is 9.32. The average molecular weight is 303 g/mol. The van der Waals surface area contributed by atoms with E-state index in [4.69, 9.17) is 10.00 Å². The fourth-order valence-corrected chi connectivity index (χ4v) is 2.41. The summed E-state index contributed by atoms with van der Waals surface area (Å²) in [5, 5.41) is 8.86. The lowest BCUT2D eigenvalue weighted by Gasteiger charge is -2.14. The summed E-state index contributed by atoms with van der Waals surface area (Å²) < 4.78 is 42.5. The molecule has 0 aliphatic rings. The van der Waals surface area contributed by atoms with Crippen LogP contribution < -0.4 is 0 Å². The van der Waals surface area contributed by atoms with Crippen molar-refractivity contribution in [1.29, 1.82) is 5.26 Å². The van der Waals surface area contributed by atoms with Gasteiger partial charge in [-0.2, -0.15) is 18.4 Å². The number of nitrogens with zero attached hydrogens (tertiary/aromatic N) is 1. The Morgan fingerprint density at radius 2 is 2.05 bits per heavy atom. The topological polar surface area (TPSA) is 50.1 Å². The maximum absolute atomic E-state index is 12.6. The summed E-state index contributed by atoms with van der Waals surface area (Å²) in [6, 6.07) is 4.26. The minimum Gasteiger partial charge on any atom is -0.462 e. The molecule has 0 spiro atoms. The first-order valence-corrected chi connectivity index (χ1v) is 6.63. The minimum absolute atomic E-state index is 0.0676. The molecule has 0 fully saturated rings. The lowest BCUT2D eigenvalue weighted by atomic mass is 10.0. The van der Waals surface area contributed by atoms with Crippen LogP contribution in [0, 0.1) is 11.3 Å². The van der Waals surface area contributed by atoms with Crippen LogP contribution in [-0.4, -0.2) is 18.1 Å². The fraction of sp³-hybridized carbons (Fsp3) is 0.385. The summed E-state index contributed by atoms with van der Waals surface area (Å²) in [7, 11) is 0. The second-order valence-corrected chi connectivity index (χ2v) is 4.85. The summed E-state index contributed by atoms with van der Waals surface area (Å²) in [6.07, 6.45) is 0.328. The molecule has 0 aromatic heterocycles. The molecule has 1 aromatic rings. The van der Waals surface area contributed by atoms with E-state index in [1.807, 2.05) is 0 Å². The van der Waals surface area contributed by atoms with Crippen LogP contribution in [0.25, 0.3) is 0 Å². The summed E-state index contributed by atoms with van der Waals surface area (Å²) in [5.74, 6) is -0.805. The van der Waals surface area contributed by atoms with Crippen molar-refractivity contribution in [1.82, 2.24) is 0 Å². The van der Waals surface area contributed by atoms with Crippen molar-refractivity contribution in [2.45, 2.75) is 30.7 Å². The molecule has 1 aromatic carbocycles. The van der Waals surface area contributed by atoms with E-state index in [2.05, 4.69) is 0 Å².